The molecule has 2 aromatic rings. The third-order valence-electron chi connectivity index (χ3n) is 2.52. The predicted octanol–water partition coefficient (Wildman–Crippen LogP) is 1.61. The van der Waals surface area contributed by atoms with Crippen LogP contribution in [0.2, 0.25) is 0 Å². The van der Waals surface area contributed by atoms with E-state index in [-0.39, 0.29) is 6.61 Å². The highest BCUT2D eigenvalue weighted by Crippen LogP contribution is 2.11. The van der Waals surface area contributed by atoms with Gasteiger partial charge in [-0.1, -0.05) is 30.3 Å². The zero-order valence-electron chi connectivity index (χ0n) is 9.74. The minimum Gasteiger partial charge on any atom is -0.390 e. The first kappa shape index (κ1) is 11.5. The lowest BCUT2D eigenvalue weighted by atomic mass is 10.2. The highest BCUT2D eigenvalue weighted by atomic mass is 16.3. The summed E-state index contributed by atoms with van der Waals surface area (Å²) >= 11 is 0. The predicted molar refractivity (Wildman–Crippen MR) is 66.5 cm³/mol. The molecule has 0 saturated heterocycles. The van der Waals surface area contributed by atoms with Crippen LogP contribution >= 0.6 is 0 Å². The Kier molecular flexibility index (Phi) is 3.67. The van der Waals surface area contributed by atoms with Gasteiger partial charge in [0.25, 0.3) is 0 Å². The monoisotopic (exact) mass is 229 g/mol. The van der Waals surface area contributed by atoms with Crippen molar-refractivity contribution in [3.05, 3.63) is 53.7 Å². The van der Waals surface area contributed by atoms with Crippen molar-refractivity contribution in [3.63, 3.8) is 0 Å². The van der Waals surface area contributed by atoms with E-state index in [0.717, 1.165) is 12.4 Å². The van der Waals surface area contributed by atoms with E-state index in [1.807, 2.05) is 36.2 Å². The van der Waals surface area contributed by atoms with Gasteiger partial charge in [0.1, 0.15) is 0 Å². The van der Waals surface area contributed by atoms with Gasteiger partial charge in [0.05, 0.1) is 12.3 Å². The molecule has 0 radical (unpaired) electrons. The van der Waals surface area contributed by atoms with Crippen LogP contribution in [0.4, 0.5) is 5.82 Å². The molecule has 0 fully saturated rings. The summed E-state index contributed by atoms with van der Waals surface area (Å²) in [5.74, 6) is 0.797. The van der Waals surface area contributed by atoms with Crippen LogP contribution in [0.5, 0.6) is 0 Å². The number of hydrogen-bond donors (Lipinski definition) is 1. The van der Waals surface area contributed by atoms with Gasteiger partial charge in [-0.25, -0.2) is 0 Å². The number of benzene rings is 1. The Labute approximate surface area is 101 Å². The lowest BCUT2D eigenvalue weighted by Gasteiger charge is -2.17. The van der Waals surface area contributed by atoms with Crippen LogP contribution in [-0.4, -0.2) is 22.4 Å². The zero-order valence-corrected chi connectivity index (χ0v) is 9.74. The third kappa shape index (κ3) is 3.01. The van der Waals surface area contributed by atoms with Crippen molar-refractivity contribution in [1.29, 1.82) is 0 Å². The summed E-state index contributed by atoms with van der Waals surface area (Å²) in [4.78, 5) is 2.02. The molecule has 4 heteroatoms. The molecule has 0 atom stereocenters. The van der Waals surface area contributed by atoms with Crippen molar-refractivity contribution >= 4 is 5.82 Å². The molecule has 17 heavy (non-hydrogen) atoms. The van der Waals surface area contributed by atoms with E-state index in [2.05, 4.69) is 22.3 Å². The van der Waals surface area contributed by atoms with Gasteiger partial charge < -0.3 is 10.0 Å². The highest BCUT2D eigenvalue weighted by Gasteiger charge is 2.04. The SMILES string of the molecule is CN(Cc1ccccc1)c1ccc(CO)nn1. The molecule has 1 heterocycles. The molecule has 0 spiro atoms. The van der Waals surface area contributed by atoms with Gasteiger partial charge in [-0.2, -0.15) is 5.10 Å². The standard InChI is InChI=1S/C13H15N3O/c1-16(9-11-5-3-2-4-6-11)13-8-7-12(10-17)14-15-13/h2-8,17H,9-10H2,1H3. The van der Waals surface area contributed by atoms with Crippen molar-refractivity contribution in [2.24, 2.45) is 0 Å². The fraction of sp³-hybridized carbons (Fsp3) is 0.231. The van der Waals surface area contributed by atoms with E-state index in [1.165, 1.54) is 5.56 Å². The lowest BCUT2D eigenvalue weighted by molar-refractivity contribution is 0.275. The minimum absolute atomic E-state index is 0.0737. The molecule has 0 amide bonds. The van der Waals surface area contributed by atoms with Crippen molar-refractivity contribution in [2.75, 3.05) is 11.9 Å². The van der Waals surface area contributed by atoms with Gasteiger partial charge in [-0.3, -0.25) is 0 Å². The summed E-state index contributed by atoms with van der Waals surface area (Å²) in [6, 6.07) is 13.8. The summed E-state index contributed by atoms with van der Waals surface area (Å²) in [6.45, 7) is 0.712. The van der Waals surface area contributed by atoms with Crippen molar-refractivity contribution in [2.45, 2.75) is 13.2 Å². The van der Waals surface area contributed by atoms with Crippen LogP contribution in [0.15, 0.2) is 42.5 Å². The van der Waals surface area contributed by atoms with Crippen LogP contribution in [0.3, 0.4) is 0 Å². The first-order chi connectivity index (χ1) is 8.29. The molecule has 4 nitrogen and oxygen atoms in total. The number of aromatic nitrogens is 2. The molecule has 0 bridgehead atoms. The third-order valence-corrected chi connectivity index (χ3v) is 2.52. The minimum atomic E-state index is -0.0737. The fourth-order valence-corrected chi connectivity index (χ4v) is 1.58. The van der Waals surface area contributed by atoms with E-state index in [1.54, 1.807) is 6.07 Å². The van der Waals surface area contributed by atoms with Crippen LogP contribution in [0, 0.1) is 0 Å². The summed E-state index contributed by atoms with van der Waals surface area (Å²) in [6.07, 6.45) is 0. The van der Waals surface area contributed by atoms with E-state index >= 15 is 0 Å². The molecule has 0 aliphatic heterocycles. The second-order valence-corrected chi connectivity index (χ2v) is 3.88. The maximum Gasteiger partial charge on any atom is 0.151 e. The summed E-state index contributed by atoms with van der Waals surface area (Å²) in [5.41, 5.74) is 1.81. The van der Waals surface area contributed by atoms with E-state index in [4.69, 9.17) is 5.11 Å². The van der Waals surface area contributed by atoms with Gasteiger partial charge in [0.2, 0.25) is 0 Å². The molecule has 2 rings (SSSR count). The molecular weight excluding hydrogens is 214 g/mol. The van der Waals surface area contributed by atoms with E-state index < -0.39 is 0 Å². The second-order valence-electron chi connectivity index (χ2n) is 3.88. The molecule has 1 aromatic heterocycles. The largest absolute Gasteiger partial charge is 0.390 e. The average Bonchev–Trinajstić information content (AvgIpc) is 2.40. The Balaban J connectivity index is 2.06. The summed E-state index contributed by atoms with van der Waals surface area (Å²) < 4.78 is 0. The molecule has 88 valence electrons. The molecule has 1 aromatic carbocycles. The second kappa shape index (κ2) is 5.41. The van der Waals surface area contributed by atoms with Gasteiger partial charge in [-0.15, -0.1) is 5.10 Å². The Morgan fingerprint density at radius 3 is 2.41 bits per heavy atom. The zero-order chi connectivity index (χ0) is 12.1. The maximum atomic E-state index is 8.89. The van der Waals surface area contributed by atoms with Crippen molar-refractivity contribution in [3.8, 4) is 0 Å². The number of aliphatic hydroxyl groups excluding tert-OH is 1. The molecule has 0 unspecified atom stereocenters. The Morgan fingerprint density at radius 1 is 1.06 bits per heavy atom. The average molecular weight is 229 g/mol. The number of anilines is 1. The van der Waals surface area contributed by atoms with E-state index in [9.17, 15) is 0 Å². The Morgan fingerprint density at radius 2 is 1.82 bits per heavy atom. The first-order valence-electron chi connectivity index (χ1n) is 5.48. The lowest BCUT2D eigenvalue weighted by Crippen LogP contribution is -2.18. The highest BCUT2D eigenvalue weighted by molar-refractivity contribution is 5.37. The molecule has 0 aliphatic carbocycles. The van der Waals surface area contributed by atoms with Gasteiger partial charge in [-0.05, 0) is 17.7 Å². The van der Waals surface area contributed by atoms with E-state index in [0.29, 0.717) is 5.69 Å². The fourth-order valence-electron chi connectivity index (χ4n) is 1.58. The maximum absolute atomic E-state index is 8.89. The number of nitrogens with zero attached hydrogens (tertiary/aromatic N) is 3. The Bertz CT molecular complexity index is 456. The van der Waals surface area contributed by atoms with Gasteiger partial charge in [0, 0.05) is 13.6 Å². The first-order valence-corrected chi connectivity index (χ1v) is 5.48. The topological polar surface area (TPSA) is 49.2 Å². The quantitative estimate of drug-likeness (QED) is 0.865. The smallest absolute Gasteiger partial charge is 0.151 e. The van der Waals surface area contributed by atoms with Gasteiger partial charge >= 0.3 is 0 Å². The number of rotatable bonds is 4. The van der Waals surface area contributed by atoms with Crippen molar-refractivity contribution < 1.29 is 5.11 Å². The molecule has 0 saturated carbocycles. The summed E-state index contributed by atoms with van der Waals surface area (Å²) in [5, 5.41) is 16.9. The van der Waals surface area contributed by atoms with Crippen LogP contribution < -0.4 is 4.90 Å². The van der Waals surface area contributed by atoms with Gasteiger partial charge in [0.15, 0.2) is 5.82 Å². The normalized spacial score (nSPS) is 10.2. The molecule has 0 aliphatic rings. The summed E-state index contributed by atoms with van der Waals surface area (Å²) in [7, 11) is 1.97. The van der Waals surface area contributed by atoms with Crippen LogP contribution in [0.1, 0.15) is 11.3 Å². The Hall–Kier alpha value is -1.94. The number of aliphatic hydroxyl groups is 1. The molecule has 1 N–H and O–H groups in total. The number of hydrogen-bond acceptors (Lipinski definition) is 4. The van der Waals surface area contributed by atoms with Crippen molar-refractivity contribution in [1.82, 2.24) is 10.2 Å². The molecular formula is C13H15N3O. The van der Waals surface area contributed by atoms with Crippen LogP contribution in [0.25, 0.3) is 0 Å². The van der Waals surface area contributed by atoms with Crippen LogP contribution in [-0.2, 0) is 13.2 Å².